The topological polar surface area (TPSA) is 42.0 Å². The van der Waals surface area contributed by atoms with Crippen LogP contribution in [-0.2, 0) is 12.8 Å². The van der Waals surface area contributed by atoms with Crippen molar-refractivity contribution in [3.8, 4) is 0 Å². The summed E-state index contributed by atoms with van der Waals surface area (Å²) in [6.07, 6.45) is 3.34. The molecule has 1 aliphatic carbocycles. The van der Waals surface area contributed by atoms with Crippen LogP contribution in [0, 0.1) is 13.8 Å². The fraction of sp³-hybridized carbons (Fsp3) is 0.333. The second-order valence-corrected chi connectivity index (χ2v) is 6.16. The minimum absolute atomic E-state index is 0.0702. The van der Waals surface area contributed by atoms with Gasteiger partial charge >= 0.3 is 0 Å². The molecule has 1 aliphatic rings. The van der Waals surface area contributed by atoms with Crippen LogP contribution in [0.4, 0.5) is 5.13 Å². The van der Waals surface area contributed by atoms with Crippen LogP contribution in [0.2, 0.25) is 0 Å². The summed E-state index contributed by atoms with van der Waals surface area (Å²) in [6, 6.07) is 5.88. The molecule has 0 saturated heterocycles. The number of hydrogen-bond acceptors (Lipinski definition) is 3. The second-order valence-electron chi connectivity index (χ2n) is 5.07. The van der Waals surface area contributed by atoms with E-state index in [1.54, 1.807) is 11.3 Å². The number of anilines is 1. The largest absolute Gasteiger partial charge is 0.298 e. The predicted octanol–water partition coefficient (Wildman–Crippen LogP) is 3.50. The SMILES string of the molecule is Cc1cc(C)cc(C(=O)Nc2nc3c(s2)CCC3)c1. The zero-order valence-electron chi connectivity index (χ0n) is 11.1. The van der Waals surface area contributed by atoms with E-state index in [2.05, 4.69) is 16.4 Å². The Labute approximate surface area is 116 Å². The van der Waals surface area contributed by atoms with Crippen LogP contribution in [0.5, 0.6) is 0 Å². The van der Waals surface area contributed by atoms with Gasteiger partial charge in [-0.3, -0.25) is 10.1 Å². The molecule has 1 amide bonds. The van der Waals surface area contributed by atoms with Crippen LogP contribution in [0.15, 0.2) is 18.2 Å². The summed E-state index contributed by atoms with van der Waals surface area (Å²) in [5.41, 5.74) is 4.08. The molecule has 1 aromatic carbocycles. The number of amides is 1. The molecule has 0 unspecified atom stereocenters. The number of nitrogens with one attached hydrogen (secondary N) is 1. The number of benzene rings is 1. The maximum absolute atomic E-state index is 12.2. The third kappa shape index (κ3) is 2.54. The fourth-order valence-corrected chi connectivity index (χ4v) is 3.56. The molecule has 0 radical (unpaired) electrons. The zero-order chi connectivity index (χ0) is 13.4. The lowest BCUT2D eigenvalue weighted by Crippen LogP contribution is -2.12. The monoisotopic (exact) mass is 272 g/mol. The number of rotatable bonds is 2. The van der Waals surface area contributed by atoms with E-state index in [1.165, 1.54) is 17.0 Å². The van der Waals surface area contributed by atoms with Gasteiger partial charge in [-0.2, -0.15) is 0 Å². The van der Waals surface area contributed by atoms with Crippen LogP contribution in [0.25, 0.3) is 0 Å². The van der Waals surface area contributed by atoms with E-state index >= 15 is 0 Å². The van der Waals surface area contributed by atoms with Gasteiger partial charge in [0.05, 0.1) is 5.69 Å². The average molecular weight is 272 g/mol. The molecule has 0 spiro atoms. The van der Waals surface area contributed by atoms with Crippen molar-refractivity contribution in [2.24, 2.45) is 0 Å². The fourth-order valence-electron chi connectivity index (χ4n) is 2.52. The van der Waals surface area contributed by atoms with Crippen molar-refractivity contribution in [3.05, 3.63) is 45.5 Å². The first-order valence-corrected chi connectivity index (χ1v) is 7.32. The highest BCUT2D eigenvalue weighted by molar-refractivity contribution is 7.15. The van der Waals surface area contributed by atoms with Gasteiger partial charge in [-0.25, -0.2) is 4.98 Å². The summed E-state index contributed by atoms with van der Waals surface area (Å²) in [4.78, 5) is 18.0. The smallest absolute Gasteiger partial charge is 0.257 e. The molecule has 1 N–H and O–H groups in total. The highest BCUT2D eigenvalue weighted by Gasteiger charge is 2.18. The molecule has 4 heteroatoms. The number of aryl methyl sites for hydroxylation is 4. The summed E-state index contributed by atoms with van der Waals surface area (Å²) in [5.74, 6) is -0.0702. The van der Waals surface area contributed by atoms with E-state index in [4.69, 9.17) is 0 Å². The first-order valence-electron chi connectivity index (χ1n) is 6.50. The summed E-state index contributed by atoms with van der Waals surface area (Å²) < 4.78 is 0. The van der Waals surface area contributed by atoms with Crippen LogP contribution in [0.1, 0.15) is 38.5 Å². The van der Waals surface area contributed by atoms with Crippen molar-refractivity contribution in [1.82, 2.24) is 4.98 Å². The van der Waals surface area contributed by atoms with Gasteiger partial charge in [0.15, 0.2) is 5.13 Å². The average Bonchev–Trinajstić information content (AvgIpc) is 2.88. The van der Waals surface area contributed by atoms with Crippen LogP contribution in [0.3, 0.4) is 0 Å². The van der Waals surface area contributed by atoms with E-state index in [0.29, 0.717) is 5.56 Å². The van der Waals surface area contributed by atoms with Crippen LogP contribution < -0.4 is 5.32 Å². The van der Waals surface area contributed by atoms with Crippen LogP contribution >= 0.6 is 11.3 Å². The number of carbonyl (C=O) groups is 1. The summed E-state index contributed by atoms with van der Waals surface area (Å²) >= 11 is 1.61. The standard InChI is InChI=1S/C15H16N2OS/c1-9-6-10(2)8-11(7-9)14(18)17-15-16-12-4-3-5-13(12)19-15/h6-8H,3-5H2,1-2H3,(H,16,17,18). The number of nitrogens with zero attached hydrogens (tertiary/aromatic N) is 1. The van der Waals surface area contributed by atoms with E-state index in [1.807, 2.05) is 26.0 Å². The Morgan fingerprint density at radius 3 is 2.63 bits per heavy atom. The molecule has 0 bridgehead atoms. The van der Waals surface area contributed by atoms with Crippen molar-refractivity contribution in [2.45, 2.75) is 33.1 Å². The van der Waals surface area contributed by atoms with Crippen molar-refractivity contribution in [2.75, 3.05) is 5.32 Å². The quantitative estimate of drug-likeness (QED) is 0.909. The molecule has 3 nitrogen and oxygen atoms in total. The van der Waals surface area contributed by atoms with E-state index < -0.39 is 0 Å². The van der Waals surface area contributed by atoms with Crippen molar-refractivity contribution >= 4 is 22.4 Å². The molecule has 0 atom stereocenters. The van der Waals surface area contributed by atoms with Crippen molar-refractivity contribution in [1.29, 1.82) is 0 Å². The lowest BCUT2D eigenvalue weighted by Gasteiger charge is -2.04. The first-order chi connectivity index (χ1) is 9.11. The molecule has 2 aromatic rings. The van der Waals surface area contributed by atoms with Crippen LogP contribution in [-0.4, -0.2) is 10.9 Å². The minimum Gasteiger partial charge on any atom is -0.298 e. The van der Waals surface area contributed by atoms with Gasteiger partial charge in [0.25, 0.3) is 5.91 Å². The molecule has 98 valence electrons. The zero-order valence-corrected chi connectivity index (χ0v) is 11.9. The second kappa shape index (κ2) is 4.78. The Morgan fingerprint density at radius 2 is 1.95 bits per heavy atom. The lowest BCUT2D eigenvalue weighted by molar-refractivity contribution is 0.102. The molecule has 19 heavy (non-hydrogen) atoms. The van der Waals surface area contributed by atoms with Gasteiger partial charge in [0.2, 0.25) is 0 Å². The van der Waals surface area contributed by atoms with E-state index in [0.717, 1.165) is 29.1 Å². The van der Waals surface area contributed by atoms with Crippen molar-refractivity contribution in [3.63, 3.8) is 0 Å². The van der Waals surface area contributed by atoms with Gasteiger partial charge in [-0.15, -0.1) is 11.3 Å². The Hall–Kier alpha value is -1.68. The third-order valence-corrected chi connectivity index (χ3v) is 4.37. The minimum atomic E-state index is -0.0702. The van der Waals surface area contributed by atoms with Gasteiger partial charge in [-0.05, 0) is 45.2 Å². The van der Waals surface area contributed by atoms with E-state index in [-0.39, 0.29) is 5.91 Å². The molecule has 0 saturated carbocycles. The molecule has 0 fully saturated rings. The maximum atomic E-state index is 12.2. The number of thiazole rings is 1. The number of carbonyl (C=O) groups excluding carboxylic acids is 1. The van der Waals surface area contributed by atoms with Gasteiger partial charge < -0.3 is 0 Å². The van der Waals surface area contributed by atoms with E-state index in [9.17, 15) is 4.79 Å². The number of fused-ring (bicyclic) bond motifs is 1. The van der Waals surface area contributed by atoms with Gasteiger partial charge in [0, 0.05) is 10.4 Å². The number of aromatic nitrogens is 1. The molecular weight excluding hydrogens is 256 g/mol. The molecule has 3 rings (SSSR count). The van der Waals surface area contributed by atoms with Gasteiger partial charge in [-0.1, -0.05) is 17.2 Å². The highest BCUT2D eigenvalue weighted by atomic mass is 32.1. The van der Waals surface area contributed by atoms with Crippen molar-refractivity contribution < 1.29 is 4.79 Å². The molecule has 1 heterocycles. The maximum Gasteiger partial charge on any atom is 0.257 e. The predicted molar refractivity (Wildman–Crippen MR) is 78.0 cm³/mol. The highest BCUT2D eigenvalue weighted by Crippen LogP contribution is 2.30. The molecular formula is C15H16N2OS. The Kier molecular flexibility index (Phi) is 3.11. The molecule has 1 aromatic heterocycles. The Bertz CT molecular complexity index is 604. The normalized spacial score (nSPS) is 13.4. The third-order valence-electron chi connectivity index (χ3n) is 3.30. The number of hydrogen-bond donors (Lipinski definition) is 1. The first kappa shape index (κ1) is 12.4. The Balaban J connectivity index is 1.80. The summed E-state index contributed by atoms with van der Waals surface area (Å²) in [5, 5.41) is 3.64. The Morgan fingerprint density at radius 1 is 1.21 bits per heavy atom. The summed E-state index contributed by atoms with van der Waals surface area (Å²) in [7, 11) is 0. The summed E-state index contributed by atoms with van der Waals surface area (Å²) in [6.45, 7) is 4.00. The molecule has 0 aliphatic heterocycles. The lowest BCUT2D eigenvalue weighted by atomic mass is 10.1. The van der Waals surface area contributed by atoms with Gasteiger partial charge in [0.1, 0.15) is 0 Å².